The molecule has 3 rings (SSSR count). The molecule has 0 aliphatic heterocycles. The summed E-state index contributed by atoms with van der Waals surface area (Å²) in [5.74, 6) is 1.17. The Hall–Kier alpha value is -3.59. The summed E-state index contributed by atoms with van der Waals surface area (Å²) in [7, 11) is 2.98. The first-order valence-corrected chi connectivity index (χ1v) is 10.8. The number of anilines is 2. The van der Waals surface area contributed by atoms with Gasteiger partial charge < -0.3 is 19.5 Å². The SMILES string of the molecule is CCN(CC)C(=O)c1ccc(N(Cc2c(O)cccc2Cl)c2nc(OC)cc(OC)n2)nc1. The van der Waals surface area contributed by atoms with E-state index in [1.165, 1.54) is 20.4 Å². The maximum Gasteiger partial charge on any atom is 0.255 e. The highest BCUT2D eigenvalue weighted by atomic mass is 35.5. The van der Waals surface area contributed by atoms with Gasteiger partial charge in [-0.15, -0.1) is 0 Å². The molecule has 9 nitrogen and oxygen atoms in total. The van der Waals surface area contributed by atoms with Crippen LogP contribution in [0.1, 0.15) is 29.8 Å². The monoisotopic (exact) mass is 471 g/mol. The molecule has 0 radical (unpaired) electrons. The molecule has 1 aromatic carbocycles. The van der Waals surface area contributed by atoms with Crippen LogP contribution >= 0.6 is 11.6 Å². The van der Waals surface area contributed by atoms with Crippen LogP contribution < -0.4 is 14.4 Å². The Morgan fingerprint density at radius 3 is 2.24 bits per heavy atom. The molecule has 10 heteroatoms. The molecule has 0 spiro atoms. The fraction of sp³-hybridized carbons (Fsp3) is 0.304. The highest BCUT2D eigenvalue weighted by molar-refractivity contribution is 6.31. The largest absolute Gasteiger partial charge is 0.508 e. The van der Waals surface area contributed by atoms with Crippen LogP contribution in [0.25, 0.3) is 0 Å². The second-order valence-corrected chi connectivity index (χ2v) is 7.37. The van der Waals surface area contributed by atoms with E-state index in [4.69, 9.17) is 21.1 Å². The minimum absolute atomic E-state index is 0.0238. The summed E-state index contributed by atoms with van der Waals surface area (Å²) in [6.07, 6.45) is 1.51. The number of benzene rings is 1. The number of halogens is 1. The zero-order chi connectivity index (χ0) is 24.0. The molecular weight excluding hydrogens is 446 g/mol. The summed E-state index contributed by atoms with van der Waals surface area (Å²) < 4.78 is 10.6. The minimum atomic E-state index is -0.103. The molecular formula is C23H26ClN5O4. The van der Waals surface area contributed by atoms with E-state index >= 15 is 0 Å². The topological polar surface area (TPSA) is 101 Å². The van der Waals surface area contributed by atoms with Crippen molar-refractivity contribution < 1.29 is 19.4 Å². The minimum Gasteiger partial charge on any atom is -0.508 e. The lowest BCUT2D eigenvalue weighted by Crippen LogP contribution is -2.30. The lowest BCUT2D eigenvalue weighted by atomic mass is 10.2. The van der Waals surface area contributed by atoms with E-state index in [9.17, 15) is 9.90 Å². The van der Waals surface area contributed by atoms with Crippen LogP contribution in [0.3, 0.4) is 0 Å². The van der Waals surface area contributed by atoms with Crippen molar-refractivity contribution in [1.82, 2.24) is 19.9 Å². The molecule has 2 heterocycles. The number of hydrogen-bond donors (Lipinski definition) is 1. The van der Waals surface area contributed by atoms with Gasteiger partial charge in [0.15, 0.2) is 0 Å². The summed E-state index contributed by atoms with van der Waals surface area (Å²) in [4.78, 5) is 29.4. The third-order valence-electron chi connectivity index (χ3n) is 5.06. The molecule has 2 aromatic heterocycles. The standard InChI is InChI=1S/C23H26ClN5O4/c1-5-28(6-2)22(31)15-10-11-19(25-13-15)29(14-16-17(24)8-7-9-18(16)30)23-26-20(32-3)12-21(27-23)33-4/h7-13,30H,5-6,14H2,1-4H3. The van der Waals surface area contributed by atoms with Gasteiger partial charge in [-0.05, 0) is 38.1 Å². The zero-order valence-electron chi connectivity index (χ0n) is 18.9. The number of amides is 1. The van der Waals surface area contributed by atoms with E-state index in [0.29, 0.717) is 46.8 Å². The van der Waals surface area contributed by atoms with Crippen LogP contribution in [-0.2, 0) is 6.54 Å². The molecule has 0 atom stereocenters. The van der Waals surface area contributed by atoms with Gasteiger partial charge in [-0.2, -0.15) is 9.97 Å². The summed E-state index contributed by atoms with van der Waals surface area (Å²) in [5, 5.41) is 10.8. The fourth-order valence-electron chi connectivity index (χ4n) is 3.20. The molecule has 3 aromatic rings. The highest BCUT2D eigenvalue weighted by Crippen LogP contribution is 2.32. The van der Waals surface area contributed by atoms with Crippen molar-refractivity contribution in [3.8, 4) is 17.5 Å². The lowest BCUT2D eigenvalue weighted by molar-refractivity contribution is 0.0772. The van der Waals surface area contributed by atoms with Gasteiger partial charge in [0, 0.05) is 29.9 Å². The smallest absolute Gasteiger partial charge is 0.255 e. The summed E-state index contributed by atoms with van der Waals surface area (Å²) in [6, 6.07) is 9.82. The quantitative estimate of drug-likeness (QED) is 0.498. The van der Waals surface area contributed by atoms with Crippen LogP contribution in [0.15, 0.2) is 42.6 Å². The first-order valence-electron chi connectivity index (χ1n) is 10.4. The Morgan fingerprint density at radius 2 is 1.73 bits per heavy atom. The highest BCUT2D eigenvalue weighted by Gasteiger charge is 2.21. The van der Waals surface area contributed by atoms with Crippen LogP contribution in [0.4, 0.5) is 11.8 Å². The fourth-order valence-corrected chi connectivity index (χ4v) is 3.43. The van der Waals surface area contributed by atoms with Crippen molar-refractivity contribution in [2.45, 2.75) is 20.4 Å². The molecule has 0 aliphatic rings. The Morgan fingerprint density at radius 1 is 1.06 bits per heavy atom. The molecule has 0 saturated carbocycles. The number of pyridine rings is 1. The van der Waals surface area contributed by atoms with Crippen LogP contribution in [0, 0.1) is 0 Å². The van der Waals surface area contributed by atoms with Gasteiger partial charge >= 0.3 is 0 Å². The van der Waals surface area contributed by atoms with Crippen molar-refractivity contribution in [2.24, 2.45) is 0 Å². The molecule has 0 unspecified atom stereocenters. The first kappa shape index (κ1) is 24.1. The maximum absolute atomic E-state index is 12.7. The van der Waals surface area contributed by atoms with Gasteiger partial charge in [-0.25, -0.2) is 4.98 Å². The van der Waals surface area contributed by atoms with Gasteiger partial charge in [-0.3, -0.25) is 9.69 Å². The first-order chi connectivity index (χ1) is 15.9. The van der Waals surface area contributed by atoms with E-state index in [1.807, 2.05) is 13.8 Å². The second kappa shape index (κ2) is 10.8. The number of aromatic hydroxyl groups is 1. The van der Waals surface area contributed by atoms with Gasteiger partial charge in [0.25, 0.3) is 5.91 Å². The Labute approximate surface area is 197 Å². The number of carbonyl (C=O) groups is 1. The summed E-state index contributed by atoms with van der Waals surface area (Å²) in [6.45, 7) is 5.17. The van der Waals surface area contributed by atoms with E-state index < -0.39 is 0 Å². The summed E-state index contributed by atoms with van der Waals surface area (Å²) in [5.41, 5.74) is 0.932. The van der Waals surface area contributed by atoms with Crippen LogP contribution in [0.5, 0.6) is 17.5 Å². The second-order valence-electron chi connectivity index (χ2n) is 6.96. The molecule has 0 saturated heterocycles. The number of nitrogens with zero attached hydrogens (tertiary/aromatic N) is 5. The molecule has 0 aliphatic carbocycles. The predicted molar refractivity (Wildman–Crippen MR) is 126 cm³/mol. The average molecular weight is 472 g/mol. The number of hydrogen-bond acceptors (Lipinski definition) is 8. The van der Waals surface area contributed by atoms with E-state index in [0.717, 1.165) is 0 Å². The van der Waals surface area contributed by atoms with Gasteiger partial charge in [0.05, 0.1) is 32.4 Å². The Balaban J connectivity index is 2.07. The Bertz CT molecular complexity index is 1060. The number of phenolic OH excluding ortho intramolecular Hbond substituents is 1. The maximum atomic E-state index is 12.7. The van der Waals surface area contributed by atoms with Crippen LogP contribution in [0.2, 0.25) is 5.02 Å². The molecule has 1 amide bonds. The van der Waals surface area contributed by atoms with Crippen LogP contribution in [-0.4, -0.2) is 58.2 Å². The normalized spacial score (nSPS) is 10.6. The number of rotatable bonds is 9. The number of aromatic nitrogens is 3. The van der Waals surface area contributed by atoms with Crippen molar-refractivity contribution in [3.63, 3.8) is 0 Å². The van der Waals surface area contributed by atoms with Gasteiger partial charge in [0.2, 0.25) is 17.7 Å². The molecule has 0 fully saturated rings. The van der Waals surface area contributed by atoms with Crippen molar-refractivity contribution in [2.75, 3.05) is 32.2 Å². The number of phenols is 1. The predicted octanol–water partition coefficient (Wildman–Crippen LogP) is 4.07. The van der Waals surface area contributed by atoms with E-state index in [2.05, 4.69) is 15.0 Å². The molecule has 174 valence electrons. The summed E-state index contributed by atoms with van der Waals surface area (Å²) >= 11 is 6.35. The average Bonchev–Trinajstić information content (AvgIpc) is 2.84. The zero-order valence-corrected chi connectivity index (χ0v) is 19.7. The molecule has 33 heavy (non-hydrogen) atoms. The van der Waals surface area contributed by atoms with Crippen molar-refractivity contribution >= 4 is 29.3 Å². The van der Waals surface area contributed by atoms with Gasteiger partial charge in [-0.1, -0.05) is 17.7 Å². The number of methoxy groups -OCH3 is 2. The van der Waals surface area contributed by atoms with Crippen molar-refractivity contribution in [3.05, 3.63) is 58.7 Å². The number of ether oxygens (including phenoxy) is 2. The lowest BCUT2D eigenvalue weighted by Gasteiger charge is -2.24. The molecule has 1 N–H and O–H groups in total. The third-order valence-corrected chi connectivity index (χ3v) is 5.41. The van der Waals surface area contributed by atoms with Gasteiger partial charge in [0.1, 0.15) is 11.6 Å². The third kappa shape index (κ3) is 5.43. The molecule has 0 bridgehead atoms. The number of carbonyl (C=O) groups excluding carboxylic acids is 1. The van der Waals surface area contributed by atoms with E-state index in [1.54, 1.807) is 46.2 Å². The van der Waals surface area contributed by atoms with Crippen molar-refractivity contribution in [1.29, 1.82) is 0 Å². The van der Waals surface area contributed by atoms with E-state index in [-0.39, 0.29) is 24.1 Å². The Kier molecular flexibility index (Phi) is 7.89.